The molecular formula is C24H30N6O4. The molecule has 0 atom stereocenters. The molecule has 0 fully saturated rings. The van der Waals surface area contributed by atoms with E-state index in [0.717, 1.165) is 39.4 Å². The van der Waals surface area contributed by atoms with Crippen LogP contribution in [0.3, 0.4) is 0 Å². The lowest BCUT2D eigenvalue weighted by Crippen LogP contribution is -2.33. The van der Waals surface area contributed by atoms with E-state index in [1.54, 1.807) is 18.6 Å². The summed E-state index contributed by atoms with van der Waals surface area (Å²) >= 11 is 0. The van der Waals surface area contributed by atoms with Crippen LogP contribution in [0, 0.1) is 0 Å². The molecule has 34 heavy (non-hydrogen) atoms. The third-order valence-corrected chi connectivity index (χ3v) is 4.87. The maximum absolute atomic E-state index is 11.5. The maximum atomic E-state index is 11.5. The molecule has 0 unspecified atom stereocenters. The van der Waals surface area contributed by atoms with Crippen LogP contribution in [0.25, 0.3) is 21.8 Å². The summed E-state index contributed by atoms with van der Waals surface area (Å²) < 4.78 is 5.17. The number of aromatic nitrogens is 4. The number of nitrogens with zero attached hydrogens (tertiary/aromatic N) is 2. The second kappa shape index (κ2) is 11.2. The Bertz CT molecular complexity index is 1240. The molecule has 0 radical (unpaired) electrons. The van der Waals surface area contributed by atoms with E-state index in [1.165, 1.54) is 0 Å². The quantitative estimate of drug-likeness (QED) is 0.290. The number of hydrogen-bond acceptors (Lipinski definition) is 5. The molecular weight excluding hydrogens is 436 g/mol. The van der Waals surface area contributed by atoms with E-state index in [0.29, 0.717) is 19.5 Å². The van der Waals surface area contributed by atoms with E-state index in [1.807, 2.05) is 51.5 Å². The van der Waals surface area contributed by atoms with Gasteiger partial charge in [0.05, 0.1) is 0 Å². The van der Waals surface area contributed by atoms with Gasteiger partial charge in [-0.25, -0.2) is 9.59 Å². The fourth-order valence-electron chi connectivity index (χ4n) is 3.37. The number of fused-ring (bicyclic) bond motifs is 2. The molecule has 0 bridgehead atoms. The molecule has 0 saturated carbocycles. The molecule has 4 rings (SSSR count). The van der Waals surface area contributed by atoms with E-state index < -0.39 is 11.7 Å². The van der Waals surface area contributed by atoms with Gasteiger partial charge in [-0.15, -0.1) is 0 Å². The van der Waals surface area contributed by atoms with E-state index in [9.17, 15) is 9.59 Å². The van der Waals surface area contributed by atoms with Crippen molar-refractivity contribution in [3.8, 4) is 0 Å². The van der Waals surface area contributed by atoms with Crippen LogP contribution in [0.2, 0.25) is 0 Å². The van der Waals surface area contributed by atoms with E-state index in [-0.39, 0.29) is 6.09 Å². The number of hydrogen-bond donors (Lipinski definition) is 5. The van der Waals surface area contributed by atoms with E-state index >= 15 is 0 Å². The Morgan fingerprint density at radius 3 is 1.88 bits per heavy atom. The van der Waals surface area contributed by atoms with Crippen molar-refractivity contribution in [2.75, 3.05) is 13.1 Å². The van der Waals surface area contributed by atoms with Crippen LogP contribution in [0.5, 0.6) is 0 Å². The molecule has 0 aliphatic heterocycles. The average molecular weight is 467 g/mol. The standard InChI is InChI=1S/C14H19N3O2.C10H11N3O2/c1-14(2,3)19-13(18)16-7-4-10-8-17-12-5-6-15-9-11(10)12;14-10(15)12-4-1-7-5-13-9-2-3-11-6-8(7)9/h5-6,8-9,17H,4,7H2,1-3H3,(H,16,18);2-3,5-6,12-13H,1,4H2,(H,14,15). The summed E-state index contributed by atoms with van der Waals surface area (Å²) in [5.74, 6) is 0. The number of ether oxygens (including phenoxy) is 1. The van der Waals surface area contributed by atoms with Crippen molar-refractivity contribution >= 4 is 34.0 Å². The fraction of sp³-hybridized carbons (Fsp3) is 0.333. The first-order valence-electron chi connectivity index (χ1n) is 11.0. The van der Waals surface area contributed by atoms with Gasteiger partial charge in [0.25, 0.3) is 0 Å². The molecule has 10 heteroatoms. The number of rotatable bonds is 6. The Kier molecular flexibility index (Phi) is 8.07. The van der Waals surface area contributed by atoms with Gasteiger partial charge >= 0.3 is 12.2 Å². The molecule has 0 aromatic carbocycles. The van der Waals surface area contributed by atoms with Crippen LogP contribution in [0.4, 0.5) is 9.59 Å². The average Bonchev–Trinajstić information content (AvgIpc) is 3.37. The summed E-state index contributed by atoms with van der Waals surface area (Å²) in [7, 11) is 0. The van der Waals surface area contributed by atoms with Gasteiger partial charge in [0.15, 0.2) is 0 Å². The first-order chi connectivity index (χ1) is 16.2. The number of aromatic amines is 2. The lowest BCUT2D eigenvalue weighted by molar-refractivity contribution is 0.0528. The third kappa shape index (κ3) is 7.22. The number of nitrogens with one attached hydrogen (secondary N) is 4. The largest absolute Gasteiger partial charge is 0.465 e. The first kappa shape index (κ1) is 24.6. The smallest absolute Gasteiger partial charge is 0.407 e. The first-order valence-corrected chi connectivity index (χ1v) is 11.0. The van der Waals surface area contributed by atoms with Crippen LogP contribution in [0.1, 0.15) is 31.9 Å². The molecule has 0 aliphatic carbocycles. The molecule has 4 aromatic heterocycles. The zero-order valence-corrected chi connectivity index (χ0v) is 19.5. The highest BCUT2D eigenvalue weighted by Crippen LogP contribution is 2.17. The Hall–Kier alpha value is -4.08. The predicted molar refractivity (Wildman–Crippen MR) is 130 cm³/mol. The lowest BCUT2D eigenvalue weighted by Gasteiger charge is -2.19. The molecule has 4 heterocycles. The van der Waals surface area contributed by atoms with Crippen LogP contribution in [-0.4, -0.2) is 55.9 Å². The van der Waals surface area contributed by atoms with Gasteiger partial charge in [0, 0.05) is 72.1 Å². The van der Waals surface area contributed by atoms with Crippen LogP contribution in [0.15, 0.2) is 49.3 Å². The Morgan fingerprint density at radius 1 is 0.912 bits per heavy atom. The highest BCUT2D eigenvalue weighted by atomic mass is 16.6. The van der Waals surface area contributed by atoms with Gasteiger partial charge in [-0.2, -0.15) is 0 Å². The minimum Gasteiger partial charge on any atom is -0.465 e. The van der Waals surface area contributed by atoms with Crippen molar-refractivity contribution in [3.05, 3.63) is 60.4 Å². The number of pyridine rings is 2. The lowest BCUT2D eigenvalue weighted by atomic mass is 10.1. The summed E-state index contributed by atoms with van der Waals surface area (Å²) in [5.41, 5.74) is 3.83. The molecule has 0 aliphatic rings. The van der Waals surface area contributed by atoms with Crippen molar-refractivity contribution in [2.24, 2.45) is 0 Å². The summed E-state index contributed by atoms with van der Waals surface area (Å²) in [5, 5.41) is 15.6. The zero-order valence-electron chi connectivity index (χ0n) is 19.5. The van der Waals surface area contributed by atoms with Crippen molar-refractivity contribution in [2.45, 2.75) is 39.2 Å². The number of alkyl carbamates (subject to hydrolysis) is 1. The molecule has 0 spiro atoms. The highest BCUT2D eigenvalue weighted by Gasteiger charge is 2.15. The summed E-state index contributed by atoms with van der Waals surface area (Å²) in [6.07, 6.45) is 10.9. The van der Waals surface area contributed by atoms with Gasteiger partial charge in [-0.1, -0.05) is 0 Å². The fourth-order valence-corrected chi connectivity index (χ4v) is 3.37. The van der Waals surface area contributed by atoms with Crippen molar-refractivity contribution in [1.29, 1.82) is 0 Å². The number of amides is 2. The van der Waals surface area contributed by atoms with Gasteiger partial charge < -0.3 is 30.4 Å². The summed E-state index contributed by atoms with van der Waals surface area (Å²) in [6, 6.07) is 3.82. The molecule has 180 valence electrons. The SMILES string of the molecule is CC(C)(C)OC(=O)NCCc1c[nH]c2ccncc12.O=C(O)NCCc1c[nH]c2ccncc12. The van der Waals surface area contributed by atoms with Crippen molar-refractivity contribution < 1.29 is 19.4 Å². The van der Waals surface area contributed by atoms with Crippen molar-refractivity contribution in [3.63, 3.8) is 0 Å². The Balaban J connectivity index is 0.000000196. The van der Waals surface area contributed by atoms with Crippen LogP contribution >= 0.6 is 0 Å². The van der Waals surface area contributed by atoms with Gasteiger partial charge in [-0.05, 0) is 56.9 Å². The summed E-state index contributed by atoms with van der Waals surface area (Å²) in [6.45, 7) is 6.49. The molecule has 10 nitrogen and oxygen atoms in total. The molecule has 2 amide bonds. The van der Waals surface area contributed by atoms with Crippen molar-refractivity contribution in [1.82, 2.24) is 30.6 Å². The Labute approximate surface area is 197 Å². The Morgan fingerprint density at radius 2 is 1.41 bits per heavy atom. The third-order valence-electron chi connectivity index (χ3n) is 4.87. The van der Waals surface area contributed by atoms with E-state index in [4.69, 9.17) is 9.84 Å². The van der Waals surface area contributed by atoms with Crippen LogP contribution in [-0.2, 0) is 17.6 Å². The monoisotopic (exact) mass is 466 g/mol. The number of carbonyl (C=O) groups is 2. The van der Waals surface area contributed by atoms with Gasteiger partial charge in [-0.3, -0.25) is 9.97 Å². The highest BCUT2D eigenvalue weighted by molar-refractivity contribution is 5.82. The summed E-state index contributed by atoms with van der Waals surface area (Å²) in [4.78, 5) is 36.2. The van der Waals surface area contributed by atoms with Crippen LogP contribution < -0.4 is 10.6 Å². The minimum absolute atomic E-state index is 0.384. The molecule has 4 aromatic rings. The number of carbonyl (C=O) groups excluding carboxylic acids is 1. The topological polar surface area (TPSA) is 145 Å². The maximum Gasteiger partial charge on any atom is 0.407 e. The van der Waals surface area contributed by atoms with Gasteiger partial charge in [0.1, 0.15) is 5.60 Å². The minimum atomic E-state index is -0.993. The normalized spacial score (nSPS) is 11.0. The second-order valence-electron chi connectivity index (χ2n) is 8.63. The number of H-pyrrole nitrogens is 2. The molecule has 5 N–H and O–H groups in total. The van der Waals surface area contributed by atoms with Gasteiger partial charge in [0.2, 0.25) is 0 Å². The second-order valence-corrected chi connectivity index (χ2v) is 8.63. The van der Waals surface area contributed by atoms with E-state index in [2.05, 4.69) is 30.6 Å². The zero-order chi connectivity index (χ0) is 24.6. The predicted octanol–water partition coefficient (Wildman–Crippen LogP) is 4.00. The molecule has 0 saturated heterocycles. The number of carboxylic acid groups (broad SMARTS) is 1.